The van der Waals surface area contributed by atoms with Gasteiger partial charge >= 0.3 is 0 Å². The van der Waals surface area contributed by atoms with Crippen LogP contribution in [0.4, 0.5) is 0 Å². The average Bonchev–Trinajstić information content (AvgIpc) is 2.37. The van der Waals surface area contributed by atoms with E-state index in [0.717, 1.165) is 24.7 Å². The quantitative estimate of drug-likeness (QED) is 0.661. The van der Waals surface area contributed by atoms with Crippen LogP contribution in [-0.2, 0) is 13.1 Å². The summed E-state index contributed by atoms with van der Waals surface area (Å²) in [4.78, 5) is 0. The van der Waals surface area contributed by atoms with E-state index in [9.17, 15) is 0 Å². The van der Waals surface area contributed by atoms with Gasteiger partial charge in [-0.1, -0.05) is 0 Å². The lowest BCUT2D eigenvalue weighted by Crippen LogP contribution is -2.17. The summed E-state index contributed by atoms with van der Waals surface area (Å²) >= 11 is 1.71. The van der Waals surface area contributed by atoms with Crippen molar-refractivity contribution in [1.82, 2.24) is 15.1 Å². The zero-order valence-corrected chi connectivity index (χ0v) is 8.02. The number of thioether (sulfide) groups is 1. The molecule has 0 aromatic carbocycles. The van der Waals surface area contributed by atoms with Crippen LogP contribution >= 0.6 is 11.8 Å². The lowest BCUT2D eigenvalue weighted by Gasteiger charge is -2.00. The van der Waals surface area contributed by atoms with Crippen molar-refractivity contribution in [2.24, 2.45) is 0 Å². The molecular weight excluding hydrogens is 170 g/mol. The molecular formula is C8H13N3S. The largest absolute Gasteiger partial charge is 0.298 e. The Bertz CT molecular complexity index is 246. The van der Waals surface area contributed by atoms with Crippen LogP contribution in [0.15, 0.2) is 11.1 Å². The molecule has 0 atom stereocenters. The van der Waals surface area contributed by atoms with E-state index in [0.29, 0.717) is 0 Å². The summed E-state index contributed by atoms with van der Waals surface area (Å²) < 4.78 is 2.07. The molecule has 2 rings (SSSR count). The molecule has 2 heterocycles. The van der Waals surface area contributed by atoms with Crippen molar-refractivity contribution >= 4 is 11.8 Å². The number of aromatic nitrogens is 2. The van der Waals surface area contributed by atoms with Gasteiger partial charge in [-0.3, -0.25) is 10.00 Å². The number of fused-ring (bicyclic) bond motifs is 1. The van der Waals surface area contributed by atoms with Crippen molar-refractivity contribution in [2.75, 3.05) is 12.8 Å². The predicted molar refractivity (Wildman–Crippen MR) is 50.3 cm³/mol. The third-order valence-electron chi connectivity index (χ3n) is 2.10. The molecule has 1 aromatic heterocycles. The Morgan fingerprint density at radius 1 is 1.67 bits per heavy atom. The van der Waals surface area contributed by atoms with Crippen molar-refractivity contribution in [1.29, 1.82) is 0 Å². The van der Waals surface area contributed by atoms with E-state index in [1.807, 2.05) is 0 Å². The monoisotopic (exact) mass is 183 g/mol. The molecule has 0 amide bonds. The topological polar surface area (TPSA) is 29.9 Å². The lowest BCUT2D eigenvalue weighted by molar-refractivity contribution is 0.521. The Labute approximate surface area is 76.5 Å². The summed E-state index contributed by atoms with van der Waals surface area (Å²) in [5, 5.41) is 8.91. The van der Waals surface area contributed by atoms with Gasteiger partial charge in [-0.2, -0.15) is 5.10 Å². The fraction of sp³-hybridized carbons (Fsp3) is 0.625. The minimum atomic E-state index is 0.871. The summed E-state index contributed by atoms with van der Waals surface area (Å²) in [5.41, 5.74) is 1.37. The van der Waals surface area contributed by atoms with E-state index in [2.05, 4.69) is 27.4 Å². The number of hydrogen-bond acceptors (Lipinski definition) is 3. The van der Waals surface area contributed by atoms with Crippen LogP contribution in [0, 0.1) is 0 Å². The predicted octanol–water partition coefficient (Wildman–Crippen LogP) is 1.10. The number of rotatable bonds is 1. The van der Waals surface area contributed by atoms with Gasteiger partial charge in [-0.05, 0) is 31.7 Å². The van der Waals surface area contributed by atoms with Crippen molar-refractivity contribution in [3.63, 3.8) is 0 Å². The standard InChI is InChI=1S/C8H13N3S/c1-12-8-5-7-3-2-4-9-6-11(7)10-8/h5,9H,2-4,6H2,1H3. The van der Waals surface area contributed by atoms with Gasteiger partial charge in [-0.15, -0.1) is 11.8 Å². The van der Waals surface area contributed by atoms with Gasteiger partial charge in [0.05, 0.1) is 6.67 Å². The number of hydrogen-bond donors (Lipinski definition) is 1. The van der Waals surface area contributed by atoms with Gasteiger partial charge in [0.15, 0.2) is 0 Å². The van der Waals surface area contributed by atoms with E-state index < -0.39 is 0 Å². The van der Waals surface area contributed by atoms with E-state index >= 15 is 0 Å². The van der Waals surface area contributed by atoms with Crippen LogP contribution in [0.5, 0.6) is 0 Å². The number of aryl methyl sites for hydroxylation is 1. The molecule has 0 unspecified atom stereocenters. The van der Waals surface area contributed by atoms with Crippen LogP contribution in [-0.4, -0.2) is 22.6 Å². The maximum absolute atomic E-state index is 4.45. The Morgan fingerprint density at radius 2 is 2.58 bits per heavy atom. The average molecular weight is 183 g/mol. The summed E-state index contributed by atoms with van der Waals surface area (Å²) in [7, 11) is 0. The second kappa shape index (κ2) is 3.49. The molecule has 1 aliphatic rings. The van der Waals surface area contributed by atoms with E-state index in [1.54, 1.807) is 11.8 Å². The highest BCUT2D eigenvalue weighted by Crippen LogP contribution is 2.16. The first-order valence-electron chi connectivity index (χ1n) is 4.21. The van der Waals surface area contributed by atoms with Gasteiger partial charge in [0.25, 0.3) is 0 Å². The molecule has 3 nitrogen and oxygen atoms in total. The molecule has 12 heavy (non-hydrogen) atoms. The van der Waals surface area contributed by atoms with Crippen molar-refractivity contribution in [3.05, 3.63) is 11.8 Å². The van der Waals surface area contributed by atoms with Crippen LogP contribution < -0.4 is 5.32 Å². The lowest BCUT2D eigenvalue weighted by atomic mass is 10.2. The maximum Gasteiger partial charge on any atom is 0.118 e. The number of nitrogens with zero attached hydrogens (tertiary/aromatic N) is 2. The van der Waals surface area contributed by atoms with E-state index in [-0.39, 0.29) is 0 Å². The molecule has 0 radical (unpaired) electrons. The van der Waals surface area contributed by atoms with Crippen molar-refractivity contribution < 1.29 is 0 Å². The Kier molecular flexibility index (Phi) is 2.37. The number of nitrogens with one attached hydrogen (secondary N) is 1. The fourth-order valence-electron chi connectivity index (χ4n) is 1.45. The first kappa shape index (κ1) is 8.13. The normalized spacial score (nSPS) is 17.1. The summed E-state index contributed by atoms with van der Waals surface area (Å²) in [6.07, 6.45) is 4.44. The van der Waals surface area contributed by atoms with Crippen LogP contribution in [0.3, 0.4) is 0 Å². The molecule has 0 aliphatic carbocycles. The van der Waals surface area contributed by atoms with Crippen molar-refractivity contribution in [3.8, 4) is 0 Å². The van der Waals surface area contributed by atoms with Gasteiger partial charge < -0.3 is 0 Å². The molecule has 0 saturated carbocycles. The molecule has 0 fully saturated rings. The Morgan fingerprint density at radius 3 is 3.42 bits per heavy atom. The minimum Gasteiger partial charge on any atom is -0.298 e. The van der Waals surface area contributed by atoms with Crippen molar-refractivity contribution in [2.45, 2.75) is 24.5 Å². The highest BCUT2D eigenvalue weighted by Gasteiger charge is 2.09. The fourth-order valence-corrected chi connectivity index (χ4v) is 1.88. The molecule has 0 bridgehead atoms. The van der Waals surface area contributed by atoms with Gasteiger partial charge in [0.2, 0.25) is 0 Å². The zero-order chi connectivity index (χ0) is 8.39. The Hall–Kier alpha value is -0.480. The molecule has 4 heteroatoms. The zero-order valence-electron chi connectivity index (χ0n) is 7.21. The van der Waals surface area contributed by atoms with Crippen LogP contribution in [0.25, 0.3) is 0 Å². The molecule has 0 spiro atoms. The first-order valence-corrected chi connectivity index (χ1v) is 5.44. The molecule has 1 aliphatic heterocycles. The van der Waals surface area contributed by atoms with E-state index in [1.165, 1.54) is 12.1 Å². The third-order valence-corrected chi connectivity index (χ3v) is 2.72. The second-order valence-corrected chi connectivity index (χ2v) is 3.77. The minimum absolute atomic E-state index is 0.871. The van der Waals surface area contributed by atoms with Crippen LogP contribution in [0.2, 0.25) is 0 Å². The van der Waals surface area contributed by atoms with E-state index in [4.69, 9.17) is 0 Å². The van der Waals surface area contributed by atoms with Crippen LogP contribution in [0.1, 0.15) is 12.1 Å². The summed E-state index contributed by atoms with van der Waals surface area (Å²) in [6, 6.07) is 2.19. The third kappa shape index (κ3) is 1.49. The second-order valence-electron chi connectivity index (χ2n) is 2.94. The summed E-state index contributed by atoms with van der Waals surface area (Å²) in [6.45, 7) is 1.98. The molecule has 1 N–H and O–H groups in total. The SMILES string of the molecule is CSc1cc2n(n1)CNCCC2. The first-order chi connectivity index (χ1) is 5.90. The maximum atomic E-state index is 4.45. The highest BCUT2D eigenvalue weighted by atomic mass is 32.2. The van der Waals surface area contributed by atoms with Gasteiger partial charge in [-0.25, -0.2) is 0 Å². The van der Waals surface area contributed by atoms with Gasteiger partial charge in [0.1, 0.15) is 5.03 Å². The van der Waals surface area contributed by atoms with Gasteiger partial charge in [0, 0.05) is 5.69 Å². The molecule has 0 saturated heterocycles. The highest BCUT2D eigenvalue weighted by molar-refractivity contribution is 7.98. The summed E-state index contributed by atoms with van der Waals surface area (Å²) in [5.74, 6) is 0. The Balaban J connectivity index is 2.26. The molecule has 66 valence electrons. The molecule has 1 aromatic rings. The smallest absolute Gasteiger partial charge is 0.118 e.